The van der Waals surface area contributed by atoms with E-state index in [0.717, 1.165) is 10.9 Å². The summed E-state index contributed by atoms with van der Waals surface area (Å²) < 4.78 is 6.48. The van der Waals surface area contributed by atoms with E-state index >= 15 is 0 Å². The van der Waals surface area contributed by atoms with Gasteiger partial charge < -0.3 is 9.84 Å². The fourth-order valence-electron chi connectivity index (χ4n) is 1.85. The maximum absolute atomic E-state index is 11.2. The van der Waals surface area contributed by atoms with Crippen molar-refractivity contribution in [3.63, 3.8) is 0 Å². The van der Waals surface area contributed by atoms with E-state index in [1.807, 2.05) is 24.3 Å². The molecule has 0 aliphatic carbocycles. The number of rotatable bonds is 5. The number of fused-ring (bicyclic) bond motifs is 1. The van der Waals surface area contributed by atoms with E-state index in [1.165, 1.54) is 0 Å². The normalized spacial score (nSPS) is 12.6. The summed E-state index contributed by atoms with van der Waals surface area (Å²) in [6, 6.07) is 7.73. The second-order valence-electron chi connectivity index (χ2n) is 4.05. The molecule has 2 rings (SSSR count). The van der Waals surface area contributed by atoms with E-state index < -0.39 is 6.10 Å². The Morgan fingerprint density at radius 3 is 3.06 bits per heavy atom. The summed E-state index contributed by atoms with van der Waals surface area (Å²) in [7, 11) is 0. The standard InChI is InChI=1S/C13H16N2O3/c1-2-18-13(17)7-11(16)9-15-12-6-4-3-5-10(12)8-14-15/h3-6,8,11,16H,2,7,9H2,1H3. The lowest BCUT2D eigenvalue weighted by Crippen LogP contribution is -2.21. The third kappa shape index (κ3) is 2.87. The van der Waals surface area contributed by atoms with Crippen LogP contribution in [0.5, 0.6) is 0 Å². The first-order valence-corrected chi connectivity index (χ1v) is 5.95. The molecule has 0 spiro atoms. The van der Waals surface area contributed by atoms with Crippen LogP contribution in [0, 0.1) is 0 Å². The van der Waals surface area contributed by atoms with Crippen LogP contribution >= 0.6 is 0 Å². The Labute approximate surface area is 105 Å². The van der Waals surface area contributed by atoms with Gasteiger partial charge in [0.2, 0.25) is 0 Å². The van der Waals surface area contributed by atoms with Gasteiger partial charge in [0.1, 0.15) is 0 Å². The van der Waals surface area contributed by atoms with Crippen molar-refractivity contribution < 1.29 is 14.6 Å². The molecule has 2 aromatic rings. The number of esters is 1. The number of aliphatic hydroxyl groups is 1. The van der Waals surface area contributed by atoms with Crippen molar-refractivity contribution in [2.24, 2.45) is 0 Å². The lowest BCUT2D eigenvalue weighted by atomic mass is 10.2. The summed E-state index contributed by atoms with van der Waals surface area (Å²) >= 11 is 0. The van der Waals surface area contributed by atoms with Crippen molar-refractivity contribution in [1.29, 1.82) is 0 Å². The Balaban J connectivity index is 2.03. The average Bonchev–Trinajstić information content (AvgIpc) is 2.73. The van der Waals surface area contributed by atoms with Gasteiger partial charge in [-0.05, 0) is 13.0 Å². The first-order valence-electron chi connectivity index (χ1n) is 5.95. The van der Waals surface area contributed by atoms with Gasteiger partial charge in [-0.25, -0.2) is 0 Å². The van der Waals surface area contributed by atoms with Gasteiger partial charge in [-0.15, -0.1) is 0 Å². The molecule has 1 N–H and O–H groups in total. The van der Waals surface area contributed by atoms with Gasteiger partial charge in [0.25, 0.3) is 0 Å². The van der Waals surface area contributed by atoms with Crippen LogP contribution in [0.2, 0.25) is 0 Å². The fourth-order valence-corrected chi connectivity index (χ4v) is 1.85. The van der Waals surface area contributed by atoms with Gasteiger partial charge >= 0.3 is 5.97 Å². The van der Waals surface area contributed by atoms with E-state index in [-0.39, 0.29) is 18.9 Å². The first kappa shape index (κ1) is 12.6. The number of carbonyl (C=O) groups excluding carboxylic acids is 1. The van der Waals surface area contributed by atoms with Crippen LogP contribution in [-0.2, 0) is 16.1 Å². The van der Waals surface area contributed by atoms with Crippen LogP contribution in [0.1, 0.15) is 13.3 Å². The molecule has 0 amide bonds. The minimum Gasteiger partial charge on any atom is -0.466 e. The Hall–Kier alpha value is -1.88. The summed E-state index contributed by atoms with van der Waals surface area (Å²) in [6.07, 6.45) is 0.946. The fraction of sp³-hybridized carbons (Fsp3) is 0.385. The smallest absolute Gasteiger partial charge is 0.308 e. The topological polar surface area (TPSA) is 64.3 Å². The molecule has 5 heteroatoms. The number of carbonyl (C=O) groups is 1. The Morgan fingerprint density at radius 2 is 2.28 bits per heavy atom. The minimum absolute atomic E-state index is 0.0119. The maximum atomic E-state index is 11.2. The predicted molar refractivity (Wildman–Crippen MR) is 67.0 cm³/mol. The number of hydrogen-bond donors (Lipinski definition) is 1. The Morgan fingerprint density at radius 1 is 1.50 bits per heavy atom. The third-order valence-electron chi connectivity index (χ3n) is 2.64. The van der Waals surface area contributed by atoms with E-state index in [9.17, 15) is 9.90 Å². The molecule has 0 radical (unpaired) electrons. The molecule has 5 nitrogen and oxygen atoms in total. The molecule has 96 valence electrons. The molecule has 1 aromatic carbocycles. The van der Waals surface area contributed by atoms with Crippen molar-refractivity contribution in [2.45, 2.75) is 26.0 Å². The summed E-state index contributed by atoms with van der Waals surface area (Å²) in [5, 5.41) is 15.0. The Kier molecular flexibility index (Phi) is 3.94. The molecule has 0 saturated heterocycles. The monoisotopic (exact) mass is 248 g/mol. The summed E-state index contributed by atoms with van der Waals surface area (Å²) in [5.74, 6) is -0.388. The molecule has 18 heavy (non-hydrogen) atoms. The van der Waals surface area contributed by atoms with Crippen LogP contribution in [0.25, 0.3) is 10.9 Å². The lowest BCUT2D eigenvalue weighted by Gasteiger charge is -2.10. The van der Waals surface area contributed by atoms with Gasteiger partial charge in [0, 0.05) is 5.39 Å². The number of nitrogens with zero attached hydrogens (tertiary/aromatic N) is 2. The molecule has 0 fully saturated rings. The van der Waals surface area contributed by atoms with Gasteiger partial charge in [0.05, 0.1) is 37.4 Å². The molecule has 1 aromatic heterocycles. The maximum Gasteiger partial charge on any atom is 0.308 e. The quantitative estimate of drug-likeness (QED) is 0.811. The number of para-hydroxylation sites is 1. The van der Waals surface area contributed by atoms with E-state index in [0.29, 0.717) is 6.61 Å². The summed E-state index contributed by atoms with van der Waals surface area (Å²) in [4.78, 5) is 11.2. The molecule has 1 atom stereocenters. The molecular weight excluding hydrogens is 232 g/mol. The van der Waals surface area contributed by atoms with Crippen LogP contribution in [0.4, 0.5) is 0 Å². The minimum atomic E-state index is -0.785. The van der Waals surface area contributed by atoms with Crippen molar-refractivity contribution in [1.82, 2.24) is 9.78 Å². The van der Waals surface area contributed by atoms with Crippen LogP contribution in [0.3, 0.4) is 0 Å². The van der Waals surface area contributed by atoms with Crippen LogP contribution in [0.15, 0.2) is 30.5 Å². The average molecular weight is 248 g/mol. The highest BCUT2D eigenvalue weighted by atomic mass is 16.5. The highest BCUT2D eigenvalue weighted by molar-refractivity contribution is 5.78. The molecule has 0 bridgehead atoms. The highest BCUT2D eigenvalue weighted by Gasteiger charge is 2.13. The van der Waals surface area contributed by atoms with Gasteiger partial charge in [0.15, 0.2) is 0 Å². The van der Waals surface area contributed by atoms with Crippen molar-refractivity contribution >= 4 is 16.9 Å². The Bertz CT molecular complexity index is 536. The zero-order valence-electron chi connectivity index (χ0n) is 10.2. The van der Waals surface area contributed by atoms with Gasteiger partial charge in [-0.3, -0.25) is 9.48 Å². The van der Waals surface area contributed by atoms with Crippen LogP contribution in [-0.4, -0.2) is 33.6 Å². The van der Waals surface area contributed by atoms with E-state index in [2.05, 4.69) is 5.10 Å². The van der Waals surface area contributed by atoms with E-state index in [4.69, 9.17) is 4.74 Å². The van der Waals surface area contributed by atoms with Crippen LogP contribution < -0.4 is 0 Å². The first-order chi connectivity index (χ1) is 8.70. The van der Waals surface area contributed by atoms with Crippen molar-refractivity contribution in [3.8, 4) is 0 Å². The molecule has 1 unspecified atom stereocenters. The second kappa shape index (κ2) is 5.64. The number of ether oxygens (including phenoxy) is 1. The largest absolute Gasteiger partial charge is 0.466 e. The van der Waals surface area contributed by atoms with Crippen molar-refractivity contribution in [2.75, 3.05) is 6.61 Å². The highest BCUT2D eigenvalue weighted by Crippen LogP contribution is 2.13. The molecule has 0 aliphatic rings. The number of hydrogen-bond acceptors (Lipinski definition) is 4. The number of benzene rings is 1. The summed E-state index contributed by atoms with van der Waals surface area (Å²) in [6.45, 7) is 2.36. The van der Waals surface area contributed by atoms with Gasteiger partial charge in [-0.2, -0.15) is 5.10 Å². The molecule has 0 aliphatic heterocycles. The lowest BCUT2D eigenvalue weighted by molar-refractivity contribution is -0.145. The third-order valence-corrected chi connectivity index (χ3v) is 2.64. The van der Waals surface area contributed by atoms with Crippen molar-refractivity contribution in [3.05, 3.63) is 30.5 Å². The zero-order chi connectivity index (χ0) is 13.0. The second-order valence-corrected chi connectivity index (χ2v) is 4.05. The predicted octanol–water partition coefficient (Wildman–Crippen LogP) is 1.35. The molecule has 1 heterocycles. The molecule has 0 saturated carbocycles. The molecular formula is C13H16N2O3. The summed E-state index contributed by atoms with van der Waals surface area (Å²) in [5.41, 5.74) is 0.945. The SMILES string of the molecule is CCOC(=O)CC(O)Cn1ncc2ccccc21. The number of aliphatic hydroxyl groups excluding tert-OH is 1. The number of aromatic nitrogens is 2. The zero-order valence-corrected chi connectivity index (χ0v) is 10.2. The van der Waals surface area contributed by atoms with E-state index in [1.54, 1.807) is 17.8 Å². The van der Waals surface area contributed by atoms with Gasteiger partial charge in [-0.1, -0.05) is 18.2 Å².